The molecule has 112 valence electrons. The summed E-state index contributed by atoms with van der Waals surface area (Å²) in [5, 5.41) is 3.80. The van der Waals surface area contributed by atoms with E-state index in [9.17, 15) is 0 Å². The number of aryl methyl sites for hydroxylation is 1. The molecule has 2 unspecified atom stereocenters. The van der Waals surface area contributed by atoms with Gasteiger partial charge in [0, 0.05) is 12.1 Å². The number of benzene rings is 1. The van der Waals surface area contributed by atoms with Crippen molar-refractivity contribution in [1.29, 1.82) is 0 Å². The van der Waals surface area contributed by atoms with E-state index in [0.29, 0.717) is 12.1 Å². The molecule has 0 saturated carbocycles. The van der Waals surface area contributed by atoms with Gasteiger partial charge in [-0.25, -0.2) is 0 Å². The van der Waals surface area contributed by atoms with Gasteiger partial charge in [-0.1, -0.05) is 32.8 Å². The molecule has 1 N–H and O–H groups in total. The molecule has 0 radical (unpaired) electrons. The lowest BCUT2D eigenvalue weighted by atomic mass is 10.0. The van der Waals surface area contributed by atoms with E-state index in [4.69, 9.17) is 4.74 Å². The second-order valence-electron chi connectivity index (χ2n) is 6.55. The monoisotopic (exact) mass is 275 g/mol. The number of nitrogens with one attached hydrogen (secondary N) is 1. The summed E-state index contributed by atoms with van der Waals surface area (Å²) in [6.45, 7) is 6.92. The predicted molar refractivity (Wildman–Crippen MR) is 85.3 cm³/mol. The Morgan fingerprint density at radius 3 is 2.75 bits per heavy atom. The van der Waals surface area contributed by atoms with Crippen LogP contribution in [0.25, 0.3) is 0 Å². The van der Waals surface area contributed by atoms with Gasteiger partial charge < -0.3 is 10.1 Å². The van der Waals surface area contributed by atoms with Crippen molar-refractivity contribution in [3.05, 3.63) is 29.3 Å². The molecule has 0 aliphatic heterocycles. The van der Waals surface area contributed by atoms with Crippen molar-refractivity contribution < 1.29 is 4.74 Å². The first-order valence-corrected chi connectivity index (χ1v) is 8.03. The first-order chi connectivity index (χ1) is 9.60. The van der Waals surface area contributed by atoms with Gasteiger partial charge in [0.1, 0.15) is 5.75 Å². The van der Waals surface area contributed by atoms with Crippen molar-refractivity contribution >= 4 is 0 Å². The van der Waals surface area contributed by atoms with Gasteiger partial charge in [-0.2, -0.15) is 0 Å². The van der Waals surface area contributed by atoms with Crippen LogP contribution in [0.1, 0.15) is 63.6 Å². The molecule has 0 amide bonds. The van der Waals surface area contributed by atoms with Crippen molar-refractivity contribution in [3.8, 4) is 5.75 Å². The van der Waals surface area contributed by atoms with Gasteiger partial charge in [0.05, 0.1) is 7.11 Å². The van der Waals surface area contributed by atoms with Crippen molar-refractivity contribution in [2.24, 2.45) is 5.92 Å². The molecule has 0 spiro atoms. The van der Waals surface area contributed by atoms with E-state index in [1.54, 1.807) is 7.11 Å². The van der Waals surface area contributed by atoms with Crippen LogP contribution in [0.3, 0.4) is 0 Å². The van der Waals surface area contributed by atoms with Crippen LogP contribution in [0.15, 0.2) is 18.2 Å². The molecule has 2 atom stereocenters. The Labute approximate surface area is 123 Å². The third kappa shape index (κ3) is 3.99. The van der Waals surface area contributed by atoms with E-state index in [1.165, 1.54) is 43.2 Å². The summed E-state index contributed by atoms with van der Waals surface area (Å²) in [5.74, 6) is 1.79. The highest BCUT2D eigenvalue weighted by Gasteiger charge is 2.23. The zero-order chi connectivity index (χ0) is 14.5. The highest BCUT2D eigenvalue weighted by atomic mass is 16.5. The van der Waals surface area contributed by atoms with E-state index < -0.39 is 0 Å². The fourth-order valence-electron chi connectivity index (χ4n) is 3.14. The highest BCUT2D eigenvalue weighted by molar-refractivity contribution is 5.40. The van der Waals surface area contributed by atoms with Gasteiger partial charge in [-0.15, -0.1) is 0 Å². The summed E-state index contributed by atoms with van der Waals surface area (Å²) >= 11 is 0. The summed E-state index contributed by atoms with van der Waals surface area (Å²) in [7, 11) is 1.74. The second-order valence-corrected chi connectivity index (χ2v) is 6.55. The molecule has 0 fully saturated rings. The molecule has 1 aromatic rings. The fraction of sp³-hybridized carbons (Fsp3) is 0.667. The first kappa shape index (κ1) is 15.4. The van der Waals surface area contributed by atoms with Gasteiger partial charge in [-0.3, -0.25) is 0 Å². The lowest BCUT2D eigenvalue weighted by Crippen LogP contribution is -2.29. The van der Waals surface area contributed by atoms with Crippen LogP contribution in [0, 0.1) is 5.92 Å². The Kier molecular flexibility index (Phi) is 5.47. The number of fused-ring (bicyclic) bond motifs is 1. The van der Waals surface area contributed by atoms with Crippen LogP contribution in [0.2, 0.25) is 0 Å². The molecule has 0 heterocycles. The van der Waals surface area contributed by atoms with Crippen LogP contribution in [-0.4, -0.2) is 13.2 Å². The average Bonchev–Trinajstić information content (AvgIpc) is 2.80. The number of rotatable bonds is 7. The van der Waals surface area contributed by atoms with Crippen molar-refractivity contribution in [1.82, 2.24) is 5.32 Å². The quantitative estimate of drug-likeness (QED) is 0.792. The van der Waals surface area contributed by atoms with Gasteiger partial charge in [0.2, 0.25) is 0 Å². The van der Waals surface area contributed by atoms with Crippen molar-refractivity contribution in [2.75, 3.05) is 7.11 Å². The SMILES string of the molecule is COc1ccc2c(c1)C(NC(C)CCCC(C)C)CC2. The molecular formula is C18H29NO. The van der Waals surface area contributed by atoms with E-state index in [0.717, 1.165) is 11.7 Å². The first-order valence-electron chi connectivity index (χ1n) is 8.03. The topological polar surface area (TPSA) is 21.3 Å². The highest BCUT2D eigenvalue weighted by Crippen LogP contribution is 2.34. The smallest absolute Gasteiger partial charge is 0.119 e. The van der Waals surface area contributed by atoms with Gasteiger partial charge in [0.15, 0.2) is 0 Å². The lowest BCUT2D eigenvalue weighted by molar-refractivity contribution is 0.402. The Morgan fingerprint density at radius 1 is 1.25 bits per heavy atom. The minimum atomic E-state index is 0.508. The number of methoxy groups -OCH3 is 1. The van der Waals surface area contributed by atoms with Crippen LogP contribution < -0.4 is 10.1 Å². The molecule has 1 aromatic carbocycles. The largest absolute Gasteiger partial charge is 0.497 e. The lowest BCUT2D eigenvalue weighted by Gasteiger charge is -2.21. The van der Waals surface area contributed by atoms with E-state index >= 15 is 0 Å². The Bertz CT molecular complexity index is 427. The Hall–Kier alpha value is -1.02. The van der Waals surface area contributed by atoms with Gasteiger partial charge >= 0.3 is 0 Å². The summed E-state index contributed by atoms with van der Waals surface area (Å²) in [6.07, 6.45) is 6.34. The number of ether oxygens (including phenoxy) is 1. The summed E-state index contributed by atoms with van der Waals surface area (Å²) in [5.41, 5.74) is 2.93. The normalized spacial score (nSPS) is 19.1. The molecule has 2 heteroatoms. The molecule has 0 bridgehead atoms. The Morgan fingerprint density at radius 2 is 2.05 bits per heavy atom. The van der Waals surface area contributed by atoms with Crippen molar-refractivity contribution in [2.45, 2.75) is 65.0 Å². The minimum absolute atomic E-state index is 0.508. The third-order valence-electron chi connectivity index (χ3n) is 4.34. The van der Waals surface area contributed by atoms with Crippen LogP contribution in [-0.2, 0) is 6.42 Å². The third-order valence-corrected chi connectivity index (χ3v) is 4.34. The van der Waals surface area contributed by atoms with Crippen LogP contribution >= 0.6 is 0 Å². The number of hydrogen-bond acceptors (Lipinski definition) is 2. The van der Waals surface area contributed by atoms with Gasteiger partial charge in [0.25, 0.3) is 0 Å². The van der Waals surface area contributed by atoms with Crippen LogP contribution in [0.4, 0.5) is 0 Å². The predicted octanol–water partition coefficient (Wildman–Crippen LogP) is 4.49. The molecule has 2 nitrogen and oxygen atoms in total. The Balaban J connectivity index is 1.89. The maximum atomic E-state index is 5.36. The van der Waals surface area contributed by atoms with Gasteiger partial charge in [-0.05, 0) is 55.4 Å². The van der Waals surface area contributed by atoms with Crippen LogP contribution in [0.5, 0.6) is 5.75 Å². The van der Waals surface area contributed by atoms with Crippen molar-refractivity contribution in [3.63, 3.8) is 0 Å². The standard InChI is InChI=1S/C18H29NO/c1-13(2)6-5-7-14(3)19-18-11-9-15-8-10-16(20-4)12-17(15)18/h8,10,12-14,18-19H,5-7,9,11H2,1-4H3. The minimum Gasteiger partial charge on any atom is -0.497 e. The maximum absolute atomic E-state index is 5.36. The van der Waals surface area contributed by atoms with E-state index in [2.05, 4.69) is 44.3 Å². The van der Waals surface area contributed by atoms with E-state index in [-0.39, 0.29) is 0 Å². The summed E-state index contributed by atoms with van der Waals surface area (Å²) < 4.78 is 5.36. The molecular weight excluding hydrogens is 246 g/mol. The van der Waals surface area contributed by atoms with E-state index in [1.807, 2.05) is 0 Å². The molecule has 0 saturated heterocycles. The molecule has 1 aliphatic carbocycles. The summed E-state index contributed by atoms with van der Waals surface area (Å²) in [6, 6.07) is 7.61. The second kappa shape index (κ2) is 7.12. The molecule has 20 heavy (non-hydrogen) atoms. The summed E-state index contributed by atoms with van der Waals surface area (Å²) in [4.78, 5) is 0. The zero-order valence-electron chi connectivity index (χ0n) is 13.4. The molecule has 1 aliphatic rings. The molecule has 0 aromatic heterocycles. The average molecular weight is 275 g/mol. The molecule has 2 rings (SSSR count). The fourth-order valence-corrected chi connectivity index (χ4v) is 3.14. The number of hydrogen-bond donors (Lipinski definition) is 1. The maximum Gasteiger partial charge on any atom is 0.119 e. The zero-order valence-corrected chi connectivity index (χ0v) is 13.4.